The molecule has 3 aliphatic rings. The maximum atomic E-state index is 13.1. The van der Waals surface area contributed by atoms with Gasteiger partial charge in [-0.2, -0.15) is 13.2 Å². The standard InChI is InChI=1S/C20H27FN2O2.C2HF3O2/c21-18-6-4-17(5-7-18)19(24)23-9-1-8-20(14-23)13-22(10-11-25-15-20)12-16-2-3-16;3-2(4,5)1(6)7/h4-7,16H,1-3,8-15H2;(H,6,7). The second-order valence-corrected chi connectivity index (χ2v) is 8.87. The van der Waals surface area contributed by atoms with Gasteiger partial charge in [-0.3, -0.25) is 4.79 Å². The summed E-state index contributed by atoms with van der Waals surface area (Å²) in [5.41, 5.74) is 0.613. The molecule has 0 bridgehead atoms. The number of piperidine rings is 1. The van der Waals surface area contributed by atoms with Gasteiger partial charge in [-0.15, -0.1) is 0 Å². The van der Waals surface area contributed by atoms with Crippen molar-refractivity contribution in [1.29, 1.82) is 0 Å². The molecule has 6 nitrogen and oxygen atoms in total. The Morgan fingerprint density at radius 3 is 2.38 bits per heavy atom. The summed E-state index contributed by atoms with van der Waals surface area (Å²) in [5.74, 6) is -2.18. The Kier molecular flexibility index (Phi) is 7.76. The van der Waals surface area contributed by atoms with Crippen molar-refractivity contribution >= 4 is 11.9 Å². The first-order valence-corrected chi connectivity index (χ1v) is 10.7. The Labute approximate surface area is 184 Å². The summed E-state index contributed by atoms with van der Waals surface area (Å²) < 4.78 is 50.8. The molecule has 1 N–H and O–H groups in total. The van der Waals surface area contributed by atoms with Crippen molar-refractivity contribution in [3.05, 3.63) is 35.6 Å². The third-order valence-electron chi connectivity index (χ3n) is 6.01. The van der Waals surface area contributed by atoms with E-state index >= 15 is 0 Å². The SMILES string of the molecule is O=C(O)C(F)(F)F.O=C(c1ccc(F)cc1)N1CCCC2(COCCN(CC3CC3)C2)C1. The predicted octanol–water partition coefficient (Wildman–Crippen LogP) is 3.42. The molecule has 1 unspecified atom stereocenters. The van der Waals surface area contributed by atoms with E-state index in [4.69, 9.17) is 14.6 Å². The van der Waals surface area contributed by atoms with Crippen molar-refractivity contribution in [1.82, 2.24) is 9.80 Å². The van der Waals surface area contributed by atoms with Crippen LogP contribution in [-0.4, -0.2) is 78.9 Å². The van der Waals surface area contributed by atoms with Gasteiger partial charge in [0, 0.05) is 43.7 Å². The summed E-state index contributed by atoms with van der Waals surface area (Å²) in [4.78, 5) is 26.2. The first-order valence-electron chi connectivity index (χ1n) is 10.7. The molecule has 10 heteroatoms. The number of ether oxygens (including phenoxy) is 1. The number of amides is 1. The van der Waals surface area contributed by atoms with Gasteiger partial charge in [0.1, 0.15) is 5.82 Å². The average Bonchev–Trinajstić information content (AvgIpc) is 3.56. The van der Waals surface area contributed by atoms with Crippen LogP contribution in [0.25, 0.3) is 0 Å². The van der Waals surface area contributed by atoms with E-state index in [1.807, 2.05) is 4.90 Å². The van der Waals surface area contributed by atoms with Gasteiger partial charge >= 0.3 is 12.1 Å². The summed E-state index contributed by atoms with van der Waals surface area (Å²) in [7, 11) is 0. The number of carboxylic acids is 1. The molecule has 3 fully saturated rings. The molecule has 178 valence electrons. The normalized spacial score (nSPS) is 24.4. The highest BCUT2D eigenvalue weighted by atomic mass is 19.4. The van der Waals surface area contributed by atoms with Crippen LogP contribution >= 0.6 is 0 Å². The first-order chi connectivity index (χ1) is 15.1. The number of carbonyl (C=O) groups excluding carboxylic acids is 1. The highest BCUT2D eigenvalue weighted by Gasteiger charge is 2.41. The molecular formula is C22H28F4N2O4. The van der Waals surface area contributed by atoms with Crippen molar-refractivity contribution in [2.75, 3.05) is 45.9 Å². The summed E-state index contributed by atoms with van der Waals surface area (Å²) in [6, 6.07) is 5.89. The topological polar surface area (TPSA) is 70.1 Å². The van der Waals surface area contributed by atoms with Gasteiger partial charge in [-0.25, -0.2) is 9.18 Å². The maximum Gasteiger partial charge on any atom is 0.490 e. The number of aliphatic carboxylic acids is 1. The number of halogens is 4. The maximum absolute atomic E-state index is 13.1. The Morgan fingerprint density at radius 2 is 1.78 bits per heavy atom. The molecule has 1 aromatic carbocycles. The lowest BCUT2D eigenvalue weighted by molar-refractivity contribution is -0.192. The zero-order valence-corrected chi connectivity index (χ0v) is 17.7. The van der Waals surface area contributed by atoms with E-state index in [2.05, 4.69) is 4.90 Å². The number of carbonyl (C=O) groups is 2. The van der Waals surface area contributed by atoms with E-state index in [0.717, 1.165) is 58.2 Å². The van der Waals surface area contributed by atoms with Gasteiger partial charge in [-0.1, -0.05) is 0 Å². The lowest BCUT2D eigenvalue weighted by atomic mass is 9.79. The zero-order chi connectivity index (χ0) is 23.4. The van der Waals surface area contributed by atoms with Gasteiger partial charge in [0.25, 0.3) is 5.91 Å². The molecule has 1 spiro atoms. The van der Waals surface area contributed by atoms with E-state index in [0.29, 0.717) is 5.56 Å². The molecule has 1 atom stereocenters. The van der Waals surface area contributed by atoms with E-state index in [1.54, 1.807) is 12.1 Å². The Balaban J connectivity index is 0.000000360. The molecule has 1 saturated carbocycles. The summed E-state index contributed by atoms with van der Waals surface area (Å²) in [6.07, 6.45) is -0.242. The fraction of sp³-hybridized carbons (Fsp3) is 0.636. The minimum absolute atomic E-state index is 0.0112. The number of hydrogen-bond donors (Lipinski definition) is 1. The molecule has 0 aromatic heterocycles. The van der Waals surface area contributed by atoms with Crippen LogP contribution in [0.15, 0.2) is 24.3 Å². The van der Waals surface area contributed by atoms with Crippen molar-refractivity contribution in [2.24, 2.45) is 11.3 Å². The van der Waals surface area contributed by atoms with Gasteiger partial charge in [0.05, 0.1) is 13.2 Å². The zero-order valence-electron chi connectivity index (χ0n) is 17.7. The van der Waals surface area contributed by atoms with E-state index in [9.17, 15) is 22.4 Å². The van der Waals surface area contributed by atoms with Gasteiger partial charge in [0.15, 0.2) is 0 Å². The molecule has 2 aliphatic heterocycles. The lowest BCUT2D eigenvalue weighted by Gasteiger charge is -2.43. The van der Waals surface area contributed by atoms with Crippen molar-refractivity contribution in [2.45, 2.75) is 31.9 Å². The molecular weight excluding hydrogens is 432 g/mol. The number of hydrogen-bond acceptors (Lipinski definition) is 4. The average molecular weight is 460 g/mol. The third-order valence-corrected chi connectivity index (χ3v) is 6.01. The Bertz CT molecular complexity index is 798. The van der Waals surface area contributed by atoms with Crippen molar-refractivity contribution in [3.8, 4) is 0 Å². The first kappa shape index (κ1) is 24.4. The highest BCUT2D eigenvalue weighted by Crippen LogP contribution is 2.36. The second-order valence-electron chi connectivity index (χ2n) is 8.87. The molecule has 2 heterocycles. The fourth-order valence-corrected chi connectivity index (χ4v) is 4.31. The van der Waals surface area contributed by atoms with E-state index < -0.39 is 12.1 Å². The van der Waals surface area contributed by atoms with Gasteiger partial charge < -0.3 is 19.6 Å². The molecule has 2 saturated heterocycles. The fourth-order valence-electron chi connectivity index (χ4n) is 4.31. The van der Waals surface area contributed by atoms with Crippen LogP contribution in [0.5, 0.6) is 0 Å². The van der Waals surface area contributed by atoms with Crippen LogP contribution in [-0.2, 0) is 9.53 Å². The van der Waals surface area contributed by atoms with E-state index in [-0.39, 0.29) is 17.1 Å². The predicted molar refractivity (Wildman–Crippen MR) is 108 cm³/mol. The van der Waals surface area contributed by atoms with Crippen LogP contribution in [0.4, 0.5) is 17.6 Å². The van der Waals surface area contributed by atoms with Gasteiger partial charge in [-0.05, 0) is 55.9 Å². The monoisotopic (exact) mass is 460 g/mol. The van der Waals surface area contributed by atoms with Crippen LogP contribution in [0.3, 0.4) is 0 Å². The van der Waals surface area contributed by atoms with Crippen molar-refractivity contribution < 1.29 is 37.0 Å². The van der Waals surface area contributed by atoms with Crippen LogP contribution in [0.1, 0.15) is 36.0 Å². The minimum Gasteiger partial charge on any atom is -0.475 e. The molecule has 1 aliphatic carbocycles. The lowest BCUT2D eigenvalue weighted by Crippen LogP contribution is -2.52. The number of rotatable bonds is 3. The molecule has 1 aromatic rings. The number of alkyl halides is 3. The molecule has 1 amide bonds. The van der Waals surface area contributed by atoms with Crippen LogP contribution < -0.4 is 0 Å². The second kappa shape index (κ2) is 10.2. The van der Waals surface area contributed by atoms with E-state index in [1.165, 1.54) is 31.5 Å². The van der Waals surface area contributed by atoms with Crippen molar-refractivity contribution in [3.63, 3.8) is 0 Å². The van der Waals surface area contributed by atoms with Crippen LogP contribution in [0, 0.1) is 17.2 Å². The number of likely N-dealkylation sites (tertiary alicyclic amines) is 1. The summed E-state index contributed by atoms with van der Waals surface area (Å²) in [6.45, 7) is 6.25. The Morgan fingerprint density at radius 1 is 1.12 bits per heavy atom. The smallest absolute Gasteiger partial charge is 0.475 e. The number of carboxylic acid groups (broad SMARTS) is 1. The third kappa shape index (κ3) is 6.90. The van der Waals surface area contributed by atoms with Gasteiger partial charge in [0.2, 0.25) is 0 Å². The minimum atomic E-state index is -5.08. The summed E-state index contributed by atoms with van der Waals surface area (Å²) >= 11 is 0. The quantitative estimate of drug-likeness (QED) is 0.700. The molecule has 32 heavy (non-hydrogen) atoms. The number of benzene rings is 1. The largest absolute Gasteiger partial charge is 0.490 e. The molecule has 0 radical (unpaired) electrons. The van der Waals surface area contributed by atoms with Crippen LogP contribution in [0.2, 0.25) is 0 Å². The highest BCUT2D eigenvalue weighted by molar-refractivity contribution is 5.94. The molecule has 4 rings (SSSR count). The Hall–Kier alpha value is -2.20. The summed E-state index contributed by atoms with van der Waals surface area (Å²) in [5, 5.41) is 7.12. The number of nitrogens with zero attached hydrogens (tertiary/aromatic N) is 2.